The van der Waals surface area contributed by atoms with Crippen molar-refractivity contribution < 1.29 is 0 Å². The standard InChI is InChI=1S/C9H10N4/c1-2-7-4-11-8-5-10-6-12-9(8)13(7)3-1/h1-4,10,12H,5-6H2. The van der Waals surface area contributed by atoms with Crippen molar-refractivity contribution in [3.63, 3.8) is 0 Å². The zero-order valence-corrected chi connectivity index (χ0v) is 7.12. The number of fused-ring (bicyclic) bond motifs is 3. The summed E-state index contributed by atoms with van der Waals surface area (Å²) in [6.45, 7) is 1.66. The van der Waals surface area contributed by atoms with E-state index in [0.717, 1.165) is 30.2 Å². The number of anilines is 1. The maximum Gasteiger partial charge on any atom is 0.135 e. The Labute approximate surface area is 75.6 Å². The SMILES string of the molecule is c1cc2cnc3c(n2c1)NCNC3. The molecule has 1 aliphatic heterocycles. The molecular weight excluding hydrogens is 164 g/mol. The van der Waals surface area contributed by atoms with Crippen molar-refractivity contribution in [2.75, 3.05) is 12.0 Å². The third-order valence-corrected chi connectivity index (χ3v) is 2.32. The lowest BCUT2D eigenvalue weighted by atomic mass is 10.3. The summed E-state index contributed by atoms with van der Waals surface area (Å²) in [5.41, 5.74) is 2.21. The second-order valence-electron chi connectivity index (χ2n) is 3.14. The Balaban J connectivity index is 2.34. The van der Waals surface area contributed by atoms with E-state index in [1.807, 2.05) is 18.5 Å². The van der Waals surface area contributed by atoms with Crippen LogP contribution in [0.2, 0.25) is 0 Å². The first-order valence-electron chi connectivity index (χ1n) is 4.35. The van der Waals surface area contributed by atoms with Crippen LogP contribution in [0.25, 0.3) is 5.52 Å². The molecule has 0 saturated carbocycles. The highest BCUT2D eigenvalue weighted by Gasteiger charge is 2.11. The van der Waals surface area contributed by atoms with Crippen molar-refractivity contribution in [3.05, 3.63) is 30.2 Å². The minimum Gasteiger partial charge on any atom is -0.357 e. The topological polar surface area (TPSA) is 41.4 Å². The lowest BCUT2D eigenvalue weighted by molar-refractivity contribution is 0.680. The van der Waals surface area contributed by atoms with E-state index in [9.17, 15) is 0 Å². The summed E-state index contributed by atoms with van der Waals surface area (Å²) in [7, 11) is 0. The fourth-order valence-electron chi connectivity index (χ4n) is 1.69. The van der Waals surface area contributed by atoms with E-state index in [4.69, 9.17) is 0 Å². The highest BCUT2D eigenvalue weighted by molar-refractivity contribution is 5.56. The fourth-order valence-corrected chi connectivity index (χ4v) is 1.69. The van der Waals surface area contributed by atoms with Crippen LogP contribution in [0, 0.1) is 0 Å². The number of hydrogen-bond acceptors (Lipinski definition) is 3. The van der Waals surface area contributed by atoms with Gasteiger partial charge in [0.05, 0.1) is 24.1 Å². The van der Waals surface area contributed by atoms with Gasteiger partial charge in [-0.2, -0.15) is 0 Å². The van der Waals surface area contributed by atoms with Crippen LogP contribution in [-0.4, -0.2) is 16.1 Å². The van der Waals surface area contributed by atoms with Crippen LogP contribution in [0.4, 0.5) is 5.82 Å². The molecule has 0 bridgehead atoms. The minimum absolute atomic E-state index is 0.811. The van der Waals surface area contributed by atoms with Crippen LogP contribution in [-0.2, 0) is 6.54 Å². The molecular formula is C9H10N4. The van der Waals surface area contributed by atoms with E-state index in [1.165, 1.54) is 0 Å². The molecule has 0 fully saturated rings. The molecule has 0 aliphatic carbocycles. The average molecular weight is 174 g/mol. The van der Waals surface area contributed by atoms with Gasteiger partial charge in [-0.15, -0.1) is 0 Å². The van der Waals surface area contributed by atoms with Gasteiger partial charge in [0.2, 0.25) is 0 Å². The van der Waals surface area contributed by atoms with E-state index in [1.54, 1.807) is 0 Å². The third-order valence-electron chi connectivity index (χ3n) is 2.32. The molecule has 66 valence electrons. The maximum absolute atomic E-state index is 4.37. The Kier molecular flexibility index (Phi) is 1.31. The number of nitrogens with zero attached hydrogens (tertiary/aromatic N) is 2. The Morgan fingerprint density at radius 1 is 1.46 bits per heavy atom. The van der Waals surface area contributed by atoms with E-state index in [0.29, 0.717) is 0 Å². The summed E-state index contributed by atoms with van der Waals surface area (Å²) >= 11 is 0. The molecule has 1 aliphatic rings. The minimum atomic E-state index is 0.811. The molecule has 0 spiro atoms. The summed E-state index contributed by atoms with van der Waals surface area (Å²) in [5.74, 6) is 1.11. The largest absolute Gasteiger partial charge is 0.357 e. The van der Waals surface area contributed by atoms with Gasteiger partial charge in [0.1, 0.15) is 5.82 Å². The van der Waals surface area contributed by atoms with Gasteiger partial charge in [0.15, 0.2) is 0 Å². The van der Waals surface area contributed by atoms with Gasteiger partial charge in [0.25, 0.3) is 0 Å². The van der Waals surface area contributed by atoms with Gasteiger partial charge in [-0.25, -0.2) is 0 Å². The Hall–Kier alpha value is -1.55. The molecule has 3 rings (SSSR count). The van der Waals surface area contributed by atoms with Crippen LogP contribution in [0.15, 0.2) is 24.5 Å². The number of hydrogen-bond donors (Lipinski definition) is 2. The van der Waals surface area contributed by atoms with Crippen LogP contribution >= 0.6 is 0 Å². The summed E-state index contributed by atoms with van der Waals surface area (Å²) in [4.78, 5) is 4.37. The zero-order valence-electron chi connectivity index (χ0n) is 7.12. The predicted molar refractivity (Wildman–Crippen MR) is 50.5 cm³/mol. The van der Waals surface area contributed by atoms with Gasteiger partial charge >= 0.3 is 0 Å². The molecule has 3 heterocycles. The Morgan fingerprint density at radius 3 is 3.46 bits per heavy atom. The quantitative estimate of drug-likeness (QED) is 0.621. The van der Waals surface area contributed by atoms with Crippen LogP contribution in [0.3, 0.4) is 0 Å². The Morgan fingerprint density at radius 2 is 2.46 bits per heavy atom. The first kappa shape index (κ1) is 6.91. The van der Waals surface area contributed by atoms with Gasteiger partial charge in [0, 0.05) is 12.7 Å². The molecule has 0 saturated heterocycles. The van der Waals surface area contributed by atoms with Gasteiger partial charge in [-0.05, 0) is 12.1 Å². The molecule has 0 radical (unpaired) electrons. The van der Waals surface area contributed by atoms with Crippen molar-refractivity contribution in [1.82, 2.24) is 14.7 Å². The lowest BCUT2D eigenvalue weighted by Crippen LogP contribution is -2.29. The summed E-state index contributed by atoms with van der Waals surface area (Å²) in [6, 6.07) is 4.08. The molecule has 0 atom stereocenters. The second kappa shape index (κ2) is 2.47. The summed E-state index contributed by atoms with van der Waals surface area (Å²) in [5, 5.41) is 6.49. The van der Waals surface area contributed by atoms with E-state index in [-0.39, 0.29) is 0 Å². The highest BCUT2D eigenvalue weighted by atomic mass is 15.2. The van der Waals surface area contributed by atoms with Crippen molar-refractivity contribution in [2.24, 2.45) is 0 Å². The highest BCUT2D eigenvalue weighted by Crippen LogP contribution is 2.18. The van der Waals surface area contributed by atoms with E-state index >= 15 is 0 Å². The predicted octanol–water partition coefficient (Wildman–Crippen LogP) is 0.807. The molecule has 4 heteroatoms. The first-order valence-corrected chi connectivity index (χ1v) is 4.35. The van der Waals surface area contributed by atoms with Gasteiger partial charge < -0.3 is 9.72 Å². The molecule has 2 aromatic heterocycles. The summed E-state index contributed by atoms with van der Waals surface area (Å²) in [6.07, 6.45) is 3.95. The molecule has 2 aromatic rings. The van der Waals surface area contributed by atoms with Crippen molar-refractivity contribution >= 4 is 11.3 Å². The molecule has 4 nitrogen and oxygen atoms in total. The number of rotatable bonds is 0. The van der Waals surface area contributed by atoms with E-state index < -0.39 is 0 Å². The van der Waals surface area contributed by atoms with Crippen LogP contribution in [0.5, 0.6) is 0 Å². The number of nitrogens with one attached hydrogen (secondary N) is 2. The number of aromatic nitrogens is 2. The van der Waals surface area contributed by atoms with Gasteiger partial charge in [-0.1, -0.05) is 0 Å². The molecule has 0 unspecified atom stereocenters. The molecule has 0 aromatic carbocycles. The molecule has 2 N–H and O–H groups in total. The monoisotopic (exact) mass is 174 g/mol. The third kappa shape index (κ3) is 0.922. The molecule has 13 heavy (non-hydrogen) atoms. The Bertz CT molecular complexity index is 446. The fraction of sp³-hybridized carbons (Fsp3) is 0.222. The van der Waals surface area contributed by atoms with Crippen molar-refractivity contribution in [2.45, 2.75) is 6.54 Å². The average Bonchev–Trinajstić information content (AvgIpc) is 2.65. The van der Waals surface area contributed by atoms with Crippen molar-refractivity contribution in [1.29, 1.82) is 0 Å². The van der Waals surface area contributed by atoms with Crippen LogP contribution in [0.1, 0.15) is 5.69 Å². The zero-order chi connectivity index (χ0) is 8.67. The van der Waals surface area contributed by atoms with E-state index in [2.05, 4.69) is 26.1 Å². The summed E-state index contributed by atoms with van der Waals surface area (Å²) < 4.78 is 2.13. The second-order valence-corrected chi connectivity index (χ2v) is 3.14. The lowest BCUT2D eigenvalue weighted by Gasteiger charge is -2.19. The van der Waals surface area contributed by atoms with Gasteiger partial charge in [-0.3, -0.25) is 10.3 Å². The smallest absolute Gasteiger partial charge is 0.135 e. The normalized spacial score (nSPS) is 15.4. The first-order chi connectivity index (χ1) is 6.45. The van der Waals surface area contributed by atoms with Crippen molar-refractivity contribution in [3.8, 4) is 0 Å². The molecule has 0 amide bonds. The van der Waals surface area contributed by atoms with Crippen LogP contribution < -0.4 is 10.6 Å². The maximum atomic E-state index is 4.37.